The van der Waals surface area contributed by atoms with Crippen molar-refractivity contribution in [2.24, 2.45) is 0 Å². The number of rotatable bonds is 7. The van der Waals surface area contributed by atoms with Gasteiger partial charge in [-0.25, -0.2) is 0 Å². The predicted molar refractivity (Wildman–Crippen MR) is 105 cm³/mol. The molecule has 0 saturated carbocycles. The summed E-state index contributed by atoms with van der Waals surface area (Å²) in [7, 11) is 0. The Morgan fingerprint density at radius 2 is 1.64 bits per heavy atom. The van der Waals surface area contributed by atoms with Gasteiger partial charge in [0.05, 0.1) is 5.75 Å². The largest absolute Gasteiger partial charge is 0.351 e. The molecule has 5 heteroatoms. The lowest BCUT2D eigenvalue weighted by Gasteiger charge is -2.14. The van der Waals surface area contributed by atoms with Crippen molar-refractivity contribution in [3.63, 3.8) is 0 Å². The van der Waals surface area contributed by atoms with E-state index in [0.717, 1.165) is 17.0 Å². The number of nitrogens with zero attached hydrogens (tertiary/aromatic N) is 1. The first-order valence-corrected chi connectivity index (χ1v) is 10.0. The van der Waals surface area contributed by atoms with E-state index >= 15 is 0 Å². The predicted octanol–water partition coefficient (Wildman–Crippen LogP) is 4.34. The van der Waals surface area contributed by atoms with Gasteiger partial charge >= 0.3 is 0 Å². The van der Waals surface area contributed by atoms with E-state index < -0.39 is 0 Å². The van der Waals surface area contributed by atoms with Crippen LogP contribution < -0.4 is 5.32 Å². The highest BCUT2D eigenvalue weighted by Crippen LogP contribution is 2.20. The first kappa shape index (κ1) is 18.3. The smallest absolute Gasteiger partial charge is 0.230 e. The van der Waals surface area contributed by atoms with E-state index in [1.165, 1.54) is 43.3 Å². The van der Waals surface area contributed by atoms with Crippen LogP contribution in [0.1, 0.15) is 24.0 Å². The van der Waals surface area contributed by atoms with E-state index in [4.69, 9.17) is 11.6 Å². The molecule has 1 heterocycles. The Morgan fingerprint density at radius 1 is 1.00 bits per heavy atom. The van der Waals surface area contributed by atoms with Gasteiger partial charge in [-0.3, -0.25) is 9.69 Å². The van der Waals surface area contributed by atoms with Crippen molar-refractivity contribution in [2.75, 3.05) is 18.8 Å². The molecule has 25 heavy (non-hydrogen) atoms. The number of hydrogen-bond donors (Lipinski definition) is 1. The Hall–Kier alpha value is -1.49. The summed E-state index contributed by atoms with van der Waals surface area (Å²) in [6.45, 7) is 4.03. The molecular formula is C20H23ClN2OS. The van der Waals surface area contributed by atoms with Gasteiger partial charge in [0.15, 0.2) is 0 Å². The van der Waals surface area contributed by atoms with Crippen molar-refractivity contribution in [2.45, 2.75) is 30.8 Å². The molecule has 1 aliphatic heterocycles. The molecule has 2 aromatic carbocycles. The zero-order valence-electron chi connectivity index (χ0n) is 14.2. The van der Waals surface area contributed by atoms with Crippen molar-refractivity contribution in [1.82, 2.24) is 10.2 Å². The quantitative estimate of drug-likeness (QED) is 0.731. The van der Waals surface area contributed by atoms with Gasteiger partial charge in [0.25, 0.3) is 0 Å². The highest BCUT2D eigenvalue weighted by atomic mass is 35.5. The summed E-state index contributed by atoms with van der Waals surface area (Å²) in [5.74, 6) is 0.454. The van der Waals surface area contributed by atoms with Crippen LogP contribution in [-0.4, -0.2) is 29.6 Å². The Bertz CT molecular complexity index is 682. The van der Waals surface area contributed by atoms with Crippen LogP contribution in [0.4, 0.5) is 0 Å². The third kappa shape index (κ3) is 6.07. The van der Waals surface area contributed by atoms with E-state index in [1.54, 1.807) is 0 Å². The molecule has 0 radical (unpaired) electrons. The van der Waals surface area contributed by atoms with Crippen LogP contribution in [-0.2, 0) is 17.9 Å². The molecule has 1 aliphatic rings. The maximum absolute atomic E-state index is 12.0. The Kier molecular flexibility index (Phi) is 6.79. The third-order valence-electron chi connectivity index (χ3n) is 4.30. The van der Waals surface area contributed by atoms with E-state index in [1.807, 2.05) is 24.3 Å². The summed E-state index contributed by atoms with van der Waals surface area (Å²) in [6, 6.07) is 16.1. The molecule has 0 spiro atoms. The molecule has 0 unspecified atom stereocenters. The summed E-state index contributed by atoms with van der Waals surface area (Å²) in [4.78, 5) is 15.5. The normalized spacial score (nSPS) is 14.6. The number of halogens is 1. The fourth-order valence-electron chi connectivity index (χ4n) is 2.89. The minimum Gasteiger partial charge on any atom is -0.351 e. The maximum Gasteiger partial charge on any atom is 0.230 e. The average Bonchev–Trinajstić information content (AvgIpc) is 3.14. The molecule has 1 saturated heterocycles. The van der Waals surface area contributed by atoms with Gasteiger partial charge < -0.3 is 5.32 Å². The minimum atomic E-state index is 0.0427. The number of hydrogen-bond acceptors (Lipinski definition) is 3. The molecular weight excluding hydrogens is 352 g/mol. The number of benzene rings is 2. The Labute approximate surface area is 158 Å². The van der Waals surface area contributed by atoms with Gasteiger partial charge in [0.1, 0.15) is 0 Å². The number of carbonyl (C=O) groups excluding carboxylic acids is 1. The fraction of sp³-hybridized carbons (Fsp3) is 0.350. The fourth-order valence-corrected chi connectivity index (χ4v) is 3.75. The van der Waals surface area contributed by atoms with Gasteiger partial charge in [-0.05, 0) is 61.3 Å². The van der Waals surface area contributed by atoms with Crippen molar-refractivity contribution in [3.8, 4) is 0 Å². The van der Waals surface area contributed by atoms with Crippen LogP contribution >= 0.6 is 23.4 Å². The molecule has 3 rings (SSSR count). The number of nitrogens with one attached hydrogen (secondary N) is 1. The Morgan fingerprint density at radius 3 is 2.32 bits per heavy atom. The monoisotopic (exact) mass is 374 g/mol. The summed E-state index contributed by atoms with van der Waals surface area (Å²) >= 11 is 7.38. The van der Waals surface area contributed by atoms with Crippen molar-refractivity contribution in [1.29, 1.82) is 0 Å². The average molecular weight is 375 g/mol. The van der Waals surface area contributed by atoms with Gasteiger partial charge in [-0.1, -0.05) is 35.9 Å². The van der Waals surface area contributed by atoms with Crippen LogP contribution in [0.3, 0.4) is 0 Å². The molecule has 3 nitrogen and oxygen atoms in total. The summed E-state index contributed by atoms with van der Waals surface area (Å²) in [6.07, 6.45) is 2.64. The highest BCUT2D eigenvalue weighted by Gasteiger charge is 2.11. The van der Waals surface area contributed by atoms with Gasteiger partial charge in [0, 0.05) is 23.0 Å². The van der Waals surface area contributed by atoms with Crippen molar-refractivity contribution < 1.29 is 4.79 Å². The molecule has 1 N–H and O–H groups in total. The molecule has 2 aromatic rings. The first-order chi connectivity index (χ1) is 12.2. The van der Waals surface area contributed by atoms with Crippen LogP contribution in [0, 0.1) is 0 Å². The molecule has 132 valence electrons. The van der Waals surface area contributed by atoms with Gasteiger partial charge in [-0.15, -0.1) is 11.8 Å². The number of likely N-dealkylation sites (tertiary alicyclic amines) is 1. The van der Waals surface area contributed by atoms with Crippen LogP contribution in [0.2, 0.25) is 5.02 Å². The maximum atomic E-state index is 12.0. The third-order valence-corrected chi connectivity index (χ3v) is 5.57. The van der Waals surface area contributed by atoms with Crippen molar-refractivity contribution in [3.05, 3.63) is 64.7 Å². The zero-order chi connectivity index (χ0) is 17.5. The lowest BCUT2D eigenvalue weighted by molar-refractivity contribution is -0.118. The SMILES string of the molecule is O=C(CSc1ccc(Cl)cc1)NCc1ccc(CN2CCCC2)cc1. The van der Waals surface area contributed by atoms with E-state index in [2.05, 4.69) is 34.5 Å². The number of carbonyl (C=O) groups is 1. The van der Waals surface area contributed by atoms with E-state index in [-0.39, 0.29) is 5.91 Å². The molecule has 0 aliphatic carbocycles. The summed E-state index contributed by atoms with van der Waals surface area (Å²) in [5, 5.41) is 3.69. The second-order valence-electron chi connectivity index (χ2n) is 6.32. The van der Waals surface area contributed by atoms with Crippen LogP contribution in [0.5, 0.6) is 0 Å². The van der Waals surface area contributed by atoms with Gasteiger partial charge in [-0.2, -0.15) is 0 Å². The summed E-state index contributed by atoms with van der Waals surface area (Å²) < 4.78 is 0. The molecule has 1 fully saturated rings. The molecule has 0 aromatic heterocycles. The highest BCUT2D eigenvalue weighted by molar-refractivity contribution is 8.00. The van der Waals surface area contributed by atoms with E-state index in [9.17, 15) is 4.79 Å². The summed E-state index contributed by atoms with van der Waals surface area (Å²) in [5.41, 5.74) is 2.48. The first-order valence-electron chi connectivity index (χ1n) is 8.64. The van der Waals surface area contributed by atoms with E-state index in [0.29, 0.717) is 17.3 Å². The van der Waals surface area contributed by atoms with Crippen molar-refractivity contribution >= 4 is 29.3 Å². The molecule has 0 bridgehead atoms. The lowest BCUT2D eigenvalue weighted by atomic mass is 10.1. The van der Waals surface area contributed by atoms with Crippen LogP contribution in [0.15, 0.2) is 53.4 Å². The minimum absolute atomic E-state index is 0.0427. The zero-order valence-corrected chi connectivity index (χ0v) is 15.8. The topological polar surface area (TPSA) is 32.3 Å². The second-order valence-corrected chi connectivity index (χ2v) is 7.80. The lowest BCUT2D eigenvalue weighted by Crippen LogP contribution is -2.24. The van der Waals surface area contributed by atoms with Gasteiger partial charge in [0.2, 0.25) is 5.91 Å². The number of thioether (sulfide) groups is 1. The molecule has 1 amide bonds. The second kappa shape index (κ2) is 9.27. The Balaban J connectivity index is 1.39. The molecule has 0 atom stereocenters. The van der Waals surface area contributed by atoms with Crippen LogP contribution in [0.25, 0.3) is 0 Å². The number of amides is 1. The standard InChI is InChI=1S/C20H23ClN2OS/c21-18-7-9-19(10-8-18)25-15-20(24)22-13-16-3-5-17(6-4-16)14-23-11-1-2-12-23/h3-10H,1-2,11-15H2,(H,22,24).